The summed E-state index contributed by atoms with van der Waals surface area (Å²) in [7, 11) is 1.72. The van der Waals surface area contributed by atoms with Gasteiger partial charge in [0.25, 0.3) is 0 Å². The van der Waals surface area contributed by atoms with Gasteiger partial charge in [0.2, 0.25) is 0 Å². The van der Waals surface area contributed by atoms with Crippen LogP contribution in [0.25, 0.3) is 0 Å². The molecule has 1 aromatic carbocycles. The van der Waals surface area contributed by atoms with Crippen molar-refractivity contribution < 1.29 is 22.3 Å². The van der Waals surface area contributed by atoms with Crippen LogP contribution in [0.15, 0.2) is 47.3 Å². The molecule has 19 heavy (non-hydrogen) atoms. The molecule has 1 unspecified atom stereocenters. The summed E-state index contributed by atoms with van der Waals surface area (Å²) >= 11 is 0. The SMILES string of the molecule is CNC(c1ccoc1)c1cccc(OC(F)(F)F)c1. The van der Waals surface area contributed by atoms with Gasteiger partial charge in [-0.05, 0) is 30.8 Å². The maximum atomic E-state index is 12.2. The quantitative estimate of drug-likeness (QED) is 0.924. The van der Waals surface area contributed by atoms with Gasteiger partial charge in [0.05, 0.1) is 18.6 Å². The molecular weight excluding hydrogens is 259 g/mol. The molecule has 0 bridgehead atoms. The Balaban J connectivity index is 2.27. The first-order valence-corrected chi connectivity index (χ1v) is 5.54. The van der Waals surface area contributed by atoms with Crippen LogP contribution in [0.2, 0.25) is 0 Å². The van der Waals surface area contributed by atoms with Crippen molar-refractivity contribution >= 4 is 0 Å². The van der Waals surface area contributed by atoms with Gasteiger partial charge in [0.15, 0.2) is 0 Å². The van der Waals surface area contributed by atoms with Crippen molar-refractivity contribution in [3.8, 4) is 5.75 Å². The Hall–Kier alpha value is -1.95. The second-order valence-electron chi connectivity index (χ2n) is 3.90. The average molecular weight is 271 g/mol. The predicted octanol–water partition coefficient (Wildman–Crippen LogP) is 3.49. The zero-order chi connectivity index (χ0) is 13.9. The molecule has 2 aromatic rings. The van der Waals surface area contributed by atoms with Gasteiger partial charge in [-0.25, -0.2) is 0 Å². The van der Waals surface area contributed by atoms with Crippen LogP contribution in [-0.2, 0) is 0 Å². The molecule has 0 saturated carbocycles. The molecule has 0 saturated heterocycles. The van der Waals surface area contributed by atoms with Crippen molar-refractivity contribution in [2.24, 2.45) is 0 Å². The first-order valence-electron chi connectivity index (χ1n) is 5.54. The normalized spacial score (nSPS) is 13.3. The highest BCUT2D eigenvalue weighted by atomic mass is 19.4. The number of hydrogen-bond acceptors (Lipinski definition) is 3. The fraction of sp³-hybridized carbons (Fsp3) is 0.231. The van der Waals surface area contributed by atoms with Gasteiger partial charge in [-0.15, -0.1) is 13.2 Å². The van der Waals surface area contributed by atoms with E-state index in [1.54, 1.807) is 25.4 Å². The Bertz CT molecular complexity index is 523. The van der Waals surface area contributed by atoms with Gasteiger partial charge in [-0.3, -0.25) is 0 Å². The lowest BCUT2D eigenvalue weighted by Gasteiger charge is -2.16. The fourth-order valence-corrected chi connectivity index (χ4v) is 1.86. The van der Waals surface area contributed by atoms with Crippen LogP contribution in [0.1, 0.15) is 17.2 Å². The highest BCUT2D eigenvalue weighted by molar-refractivity contribution is 5.35. The molecular formula is C13H12F3NO2. The standard InChI is InChI=1S/C13H12F3NO2/c1-17-12(10-5-6-18-8-10)9-3-2-4-11(7-9)19-13(14,15)16/h2-8,12,17H,1H3. The molecule has 1 N–H and O–H groups in total. The largest absolute Gasteiger partial charge is 0.573 e. The maximum Gasteiger partial charge on any atom is 0.573 e. The van der Waals surface area contributed by atoms with E-state index < -0.39 is 6.36 Å². The average Bonchev–Trinajstić information content (AvgIpc) is 2.82. The van der Waals surface area contributed by atoms with Crippen LogP contribution in [-0.4, -0.2) is 13.4 Å². The molecule has 3 nitrogen and oxygen atoms in total. The highest BCUT2D eigenvalue weighted by Crippen LogP contribution is 2.28. The molecule has 0 aliphatic rings. The van der Waals surface area contributed by atoms with Gasteiger partial charge < -0.3 is 14.5 Å². The summed E-state index contributed by atoms with van der Waals surface area (Å²) in [4.78, 5) is 0. The zero-order valence-electron chi connectivity index (χ0n) is 10.1. The summed E-state index contributed by atoms with van der Waals surface area (Å²) in [6.07, 6.45) is -1.64. The van der Waals surface area contributed by atoms with E-state index in [4.69, 9.17) is 4.42 Å². The Morgan fingerprint density at radius 1 is 1.21 bits per heavy atom. The van der Waals surface area contributed by atoms with Gasteiger partial charge in [0.1, 0.15) is 5.75 Å². The summed E-state index contributed by atoms with van der Waals surface area (Å²) in [5, 5.41) is 3.01. The zero-order valence-corrected chi connectivity index (χ0v) is 10.1. The third-order valence-corrected chi connectivity index (χ3v) is 2.59. The summed E-state index contributed by atoms with van der Waals surface area (Å²) in [6, 6.07) is 7.34. The van der Waals surface area contributed by atoms with E-state index in [1.807, 2.05) is 0 Å². The summed E-state index contributed by atoms with van der Waals surface area (Å²) in [5.74, 6) is -0.242. The van der Waals surface area contributed by atoms with Crippen molar-refractivity contribution in [1.82, 2.24) is 5.32 Å². The van der Waals surface area contributed by atoms with E-state index in [9.17, 15) is 13.2 Å². The molecule has 102 valence electrons. The van der Waals surface area contributed by atoms with Crippen LogP contribution < -0.4 is 10.1 Å². The lowest BCUT2D eigenvalue weighted by atomic mass is 10.0. The lowest BCUT2D eigenvalue weighted by Crippen LogP contribution is -2.19. The molecule has 0 aliphatic heterocycles. The lowest BCUT2D eigenvalue weighted by molar-refractivity contribution is -0.274. The molecule has 0 amide bonds. The molecule has 0 spiro atoms. The number of furan rings is 1. The number of hydrogen-bond donors (Lipinski definition) is 1. The fourth-order valence-electron chi connectivity index (χ4n) is 1.86. The summed E-state index contributed by atoms with van der Waals surface area (Å²) in [5.41, 5.74) is 1.48. The number of benzene rings is 1. The molecule has 1 heterocycles. The van der Waals surface area contributed by atoms with Gasteiger partial charge in [-0.2, -0.15) is 0 Å². The van der Waals surface area contributed by atoms with Crippen LogP contribution in [0.3, 0.4) is 0 Å². The summed E-state index contributed by atoms with van der Waals surface area (Å²) < 4.78 is 45.4. The smallest absolute Gasteiger partial charge is 0.472 e. The topological polar surface area (TPSA) is 34.4 Å². The molecule has 1 aromatic heterocycles. The molecule has 0 radical (unpaired) electrons. The van der Waals surface area contributed by atoms with Gasteiger partial charge in [0, 0.05) is 5.56 Å². The number of ether oxygens (including phenoxy) is 1. The molecule has 2 rings (SSSR count). The Morgan fingerprint density at radius 3 is 2.58 bits per heavy atom. The Labute approximate surface area is 108 Å². The minimum Gasteiger partial charge on any atom is -0.472 e. The van der Waals surface area contributed by atoms with Gasteiger partial charge >= 0.3 is 6.36 Å². The van der Waals surface area contributed by atoms with Crippen molar-refractivity contribution in [2.75, 3.05) is 7.05 Å². The van der Waals surface area contributed by atoms with Crippen molar-refractivity contribution in [2.45, 2.75) is 12.4 Å². The monoisotopic (exact) mass is 271 g/mol. The maximum absolute atomic E-state index is 12.2. The van der Waals surface area contributed by atoms with Crippen LogP contribution in [0.4, 0.5) is 13.2 Å². The second-order valence-corrected chi connectivity index (χ2v) is 3.90. The Kier molecular flexibility index (Phi) is 3.80. The number of halogens is 3. The van der Waals surface area contributed by atoms with E-state index in [2.05, 4.69) is 10.1 Å². The molecule has 6 heteroatoms. The van der Waals surface area contributed by atoms with E-state index >= 15 is 0 Å². The van der Waals surface area contributed by atoms with Crippen molar-refractivity contribution in [3.63, 3.8) is 0 Å². The molecule has 0 fully saturated rings. The highest BCUT2D eigenvalue weighted by Gasteiger charge is 2.31. The van der Waals surface area contributed by atoms with Crippen molar-refractivity contribution in [3.05, 3.63) is 54.0 Å². The number of nitrogens with one attached hydrogen (secondary N) is 1. The molecule has 0 aliphatic carbocycles. The number of rotatable bonds is 4. The Morgan fingerprint density at radius 2 is 2.00 bits per heavy atom. The first kappa shape index (κ1) is 13.5. The number of alkyl halides is 3. The van der Waals surface area contributed by atoms with Crippen LogP contribution in [0.5, 0.6) is 5.75 Å². The van der Waals surface area contributed by atoms with Crippen LogP contribution in [0, 0.1) is 0 Å². The minimum atomic E-state index is -4.69. The van der Waals surface area contributed by atoms with E-state index in [0.717, 1.165) is 5.56 Å². The minimum absolute atomic E-state index is 0.242. The first-order chi connectivity index (χ1) is 8.99. The molecule has 1 atom stereocenters. The summed E-state index contributed by atoms with van der Waals surface area (Å²) in [6.45, 7) is 0. The third-order valence-electron chi connectivity index (χ3n) is 2.59. The second kappa shape index (κ2) is 5.36. The van der Waals surface area contributed by atoms with Crippen molar-refractivity contribution in [1.29, 1.82) is 0 Å². The van der Waals surface area contributed by atoms with Crippen LogP contribution >= 0.6 is 0 Å². The predicted molar refractivity (Wildman–Crippen MR) is 62.7 cm³/mol. The van der Waals surface area contributed by atoms with Gasteiger partial charge in [-0.1, -0.05) is 12.1 Å². The third kappa shape index (κ3) is 3.51. The van der Waals surface area contributed by atoms with E-state index in [1.165, 1.54) is 24.5 Å². The van der Waals surface area contributed by atoms with E-state index in [-0.39, 0.29) is 11.8 Å². The van der Waals surface area contributed by atoms with E-state index in [0.29, 0.717) is 5.56 Å².